The minimum atomic E-state index is -0.755. The zero-order valence-corrected chi connectivity index (χ0v) is 16.5. The summed E-state index contributed by atoms with van der Waals surface area (Å²) in [7, 11) is 0. The van der Waals surface area contributed by atoms with Crippen molar-refractivity contribution in [2.45, 2.75) is 26.3 Å². The van der Waals surface area contributed by atoms with Gasteiger partial charge < -0.3 is 24.6 Å². The van der Waals surface area contributed by atoms with Crippen LogP contribution in [-0.4, -0.2) is 36.8 Å². The van der Waals surface area contributed by atoms with Gasteiger partial charge in [-0.05, 0) is 35.7 Å². The van der Waals surface area contributed by atoms with Crippen LogP contribution < -0.4 is 14.8 Å². The number of carbonyl (C=O) groups excluding carboxylic acids is 2. The van der Waals surface area contributed by atoms with Crippen molar-refractivity contribution in [2.75, 3.05) is 19.8 Å². The van der Waals surface area contributed by atoms with Crippen LogP contribution in [-0.2, 0) is 9.53 Å². The number of phenolic OH excluding ortho intramolecular Hbond substituents is 1. The summed E-state index contributed by atoms with van der Waals surface area (Å²) in [6.45, 7) is 4.72. The molecule has 0 aliphatic carbocycles. The predicted molar refractivity (Wildman–Crippen MR) is 106 cm³/mol. The van der Waals surface area contributed by atoms with Crippen LogP contribution in [0.2, 0.25) is 0 Å². The quantitative estimate of drug-likeness (QED) is 0.725. The van der Waals surface area contributed by atoms with Crippen molar-refractivity contribution >= 4 is 11.9 Å². The molecule has 7 heteroatoms. The zero-order chi connectivity index (χ0) is 20.8. The van der Waals surface area contributed by atoms with Crippen LogP contribution in [0, 0.1) is 5.92 Å². The monoisotopic (exact) mass is 399 g/mol. The Kier molecular flexibility index (Phi) is 6.59. The van der Waals surface area contributed by atoms with Gasteiger partial charge in [-0.1, -0.05) is 32.0 Å². The lowest BCUT2D eigenvalue weighted by molar-refractivity contribution is -0.125. The standard InChI is InChI=1S/C22H25NO6/c1-14(2)21(15-8-9-18-19(12-15)28-11-5-10-27-18)23-20(25)13-29-22(26)16-6-3-4-7-17(16)24/h3-4,6-9,12,14,21,24H,5,10-11,13H2,1-2H3,(H,23,25)/t21-/m1/s1. The maximum Gasteiger partial charge on any atom is 0.342 e. The summed E-state index contributed by atoms with van der Waals surface area (Å²) >= 11 is 0. The molecule has 1 aliphatic rings. The van der Waals surface area contributed by atoms with Gasteiger partial charge in [0, 0.05) is 6.42 Å². The number of ether oxygens (including phenoxy) is 3. The predicted octanol–water partition coefficient (Wildman–Crippen LogP) is 3.22. The molecule has 0 saturated carbocycles. The summed E-state index contributed by atoms with van der Waals surface area (Å²) in [6, 6.07) is 11.3. The average molecular weight is 399 g/mol. The molecular weight excluding hydrogens is 374 g/mol. The smallest absolute Gasteiger partial charge is 0.342 e. The van der Waals surface area contributed by atoms with E-state index in [0.29, 0.717) is 24.7 Å². The van der Waals surface area contributed by atoms with Gasteiger partial charge in [0.25, 0.3) is 5.91 Å². The van der Waals surface area contributed by atoms with Crippen LogP contribution in [0.3, 0.4) is 0 Å². The van der Waals surface area contributed by atoms with Crippen molar-refractivity contribution in [1.82, 2.24) is 5.32 Å². The van der Waals surface area contributed by atoms with Gasteiger partial charge in [-0.2, -0.15) is 0 Å². The molecule has 154 valence electrons. The van der Waals surface area contributed by atoms with E-state index < -0.39 is 18.5 Å². The van der Waals surface area contributed by atoms with E-state index in [0.717, 1.165) is 12.0 Å². The zero-order valence-electron chi connectivity index (χ0n) is 16.5. The molecule has 0 fully saturated rings. The first-order chi connectivity index (χ1) is 14.0. The van der Waals surface area contributed by atoms with Gasteiger partial charge in [0.05, 0.1) is 19.3 Å². The Labute approximate surface area is 169 Å². The lowest BCUT2D eigenvalue weighted by Gasteiger charge is -2.24. The molecule has 0 unspecified atom stereocenters. The van der Waals surface area contributed by atoms with E-state index in [4.69, 9.17) is 14.2 Å². The highest BCUT2D eigenvalue weighted by Crippen LogP contribution is 2.34. The van der Waals surface area contributed by atoms with Crippen molar-refractivity contribution in [3.8, 4) is 17.2 Å². The topological polar surface area (TPSA) is 94.1 Å². The molecule has 1 aliphatic heterocycles. The minimum Gasteiger partial charge on any atom is -0.507 e. The number of para-hydroxylation sites is 1. The summed E-state index contributed by atoms with van der Waals surface area (Å²) in [5.74, 6) is 0.0693. The van der Waals surface area contributed by atoms with Crippen molar-refractivity contribution < 1.29 is 28.9 Å². The normalized spacial score (nSPS) is 14.0. The number of aromatic hydroxyl groups is 1. The molecule has 1 amide bonds. The first kappa shape index (κ1) is 20.5. The Morgan fingerprint density at radius 1 is 1.10 bits per heavy atom. The van der Waals surface area contributed by atoms with Crippen LogP contribution in [0.4, 0.5) is 0 Å². The third kappa shape index (κ3) is 5.19. The molecule has 0 aromatic heterocycles. The number of hydrogen-bond donors (Lipinski definition) is 2. The molecule has 0 bridgehead atoms. The maximum atomic E-state index is 12.4. The summed E-state index contributed by atoms with van der Waals surface area (Å²) < 4.78 is 16.4. The van der Waals surface area contributed by atoms with Gasteiger partial charge in [-0.15, -0.1) is 0 Å². The molecule has 0 spiro atoms. The fraction of sp³-hybridized carbons (Fsp3) is 0.364. The van der Waals surface area contributed by atoms with Gasteiger partial charge >= 0.3 is 5.97 Å². The molecular formula is C22H25NO6. The van der Waals surface area contributed by atoms with Crippen LogP contribution in [0.15, 0.2) is 42.5 Å². The van der Waals surface area contributed by atoms with E-state index in [2.05, 4.69) is 5.32 Å². The molecule has 0 radical (unpaired) electrons. The molecule has 1 heterocycles. The Bertz CT molecular complexity index is 879. The van der Waals surface area contributed by atoms with Crippen LogP contribution >= 0.6 is 0 Å². The van der Waals surface area contributed by atoms with E-state index >= 15 is 0 Å². The number of rotatable bonds is 6. The first-order valence-corrected chi connectivity index (χ1v) is 9.59. The van der Waals surface area contributed by atoms with E-state index in [1.54, 1.807) is 12.1 Å². The Hall–Kier alpha value is -3.22. The molecule has 7 nitrogen and oxygen atoms in total. The number of hydrogen-bond acceptors (Lipinski definition) is 6. The first-order valence-electron chi connectivity index (χ1n) is 9.59. The second-order valence-corrected chi connectivity index (χ2v) is 7.14. The van der Waals surface area contributed by atoms with Crippen LogP contribution in [0.25, 0.3) is 0 Å². The Morgan fingerprint density at radius 2 is 1.83 bits per heavy atom. The van der Waals surface area contributed by atoms with Gasteiger partial charge in [0.15, 0.2) is 18.1 Å². The number of nitrogens with one attached hydrogen (secondary N) is 1. The molecule has 29 heavy (non-hydrogen) atoms. The molecule has 3 rings (SSSR count). The lowest BCUT2D eigenvalue weighted by Crippen LogP contribution is -2.35. The second-order valence-electron chi connectivity index (χ2n) is 7.14. The SMILES string of the molecule is CC(C)[C@@H](NC(=O)COC(=O)c1ccccc1O)c1ccc2c(c1)OCCCO2. The lowest BCUT2D eigenvalue weighted by atomic mass is 9.95. The van der Waals surface area contributed by atoms with Crippen molar-refractivity contribution in [3.63, 3.8) is 0 Å². The second kappa shape index (κ2) is 9.32. The third-order valence-corrected chi connectivity index (χ3v) is 4.57. The number of amides is 1. The highest BCUT2D eigenvalue weighted by Gasteiger charge is 2.22. The fourth-order valence-corrected chi connectivity index (χ4v) is 3.08. The summed E-state index contributed by atoms with van der Waals surface area (Å²) in [5.41, 5.74) is 0.897. The van der Waals surface area contributed by atoms with Gasteiger partial charge in [0.2, 0.25) is 0 Å². The molecule has 2 aromatic carbocycles. The third-order valence-electron chi connectivity index (χ3n) is 4.57. The van der Waals surface area contributed by atoms with E-state index in [1.807, 2.05) is 32.0 Å². The summed E-state index contributed by atoms with van der Waals surface area (Å²) in [4.78, 5) is 24.4. The largest absolute Gasteiger partial charge is 0.507 e. The van der Waals surface area contributed by atoms with E-state index in [-0.39, 0.29) is 23.3 Å². The number of fused-ring (bicyclic) bond motifs is 1. The number of carbonyl (C=O) groups is 2. The van der Waals surface area contributed by atoms with Crippen LogP contribution in [0.5, 0.6) is 17.2 Å². The molecule has 2 N–H and O–H groups in total. The number of phenols is 1. The van der Waals surface area contributed by atoms with Gasteiger partial charge in [-0.3, -0.25) is 4.79 Å². The van der Waals surface area contributed by atoms with Gasteiger partial charge in [-0.25, -0.2) is 4.79 Å². The molecule has 1 atom stereocenters. The molecule has 0 saturated heterocycles. The highest BCUT2D eigenvalue weighted by molar-refractivity contribution is 5.93. The number of esters is 1. The van der Waals surface area contributed by atoms with Crippen molar-refractivity contribution in [2.24, 2.45) is 5.92 Å². The fourth-order valence-electron chi connectivity index (χ4n) is 3.08. The van der Waals surface area contributed by atoms with Gasteiger partial charge in [0.1, 0.15) is 11.3 Å². The Balaban J connectivity index is 1.64. The Morgan fingerprint density at radius 3 is 2.55 bits per heavy atom. The average Bonchev–Trinajstić information content (AvgIpc) is 2.95. The summed E-state index contributed by atoms with van der Waals surface area (Å²) in [5, 5.41) is 12.6. The van der Waals surface area contributed by atoms with Crippen LogP contribution in [0.1, 0.15) is 42.2 Å². The molecule has 2 aromatic rings. The number of benzene rings is 2. The highest BCUT2D eigenvalue weighted by atomic mass is 16.5. The van der Waals surface area contributed by atoms with Crippen molar-refractivity contribution in [1.29, 1.82) is 0 Å². The van der Waals surface area contributed by atoms with E-state index in [9.17, 15) is 14.7 Å². The van der Waals surface area contributed by atoms with Crippen molar-refractivity contribution in [3.05, 3.63) is 53.6 Å². The summed E-state index contributed by atoms with van der Waals surface area (Å²) in [6.07, 6.45) is 0.816. The maximum absolute atomic E-state index is 12.4. The minimum absolute atomic E-state index is 0.0172. The van der Waals surface area contributed by atoms with E-state index in [1.165, 1.54) is 12.1 Å².